The maximum Gasteiger partial charge on any atom is 0.262 e. The summed E-state index contributed by atoms with van der Waals surface area (Å²) in [6.45, 7) is 4.38. The number of aromatic nitrogens is 2. The highest BCUT2D eigenvalue weighted by molar-refractivity contribution is 7.99. The van der Waals surface area contributed by atoms with E-state index >= 15 is 0 Å². The van der Waals surface area contributed by atoms with E-state index in [0.717, 1.165) is 34.9 Å². The molecule has 20 heavy (non-hydrogen) atoms. The van der Waals surface area contributed by atoms with E-state index in [1.807, 2.05) is 13.8 Å². The number of nitrogens with two attached hydrogens (primary N) is 1. The van der Waals surface area contributed by atoms with Gasteiger partial charge in [0.1, 0.15) is 10.8 Å². The fourth-order valence-corrected chi connectivity index (χ4v) is 3.41. The van der Waals surface area contributed by atoms with E-state index in [1.165, 1.54) is 35.9 Å². The summed E-state index contributed by atoms with van der Waals surface area (Å²) in [5.74, 6) is 0.861. The van der Waals surface area contributed by atoms with Crippen molar-refractivity contribution in [3.8, 4) is 0 Å². The minimum Gasteiger partial charge on any atom is -0.436 e. The van der Waals surface area contributed by atoms with Crippen LogP contribution in [0.5, 0.6) is 0 Å². The van der Waals surface area contributed by atoms with Gasteiger partial charge in [-0.2, -0.15) is 0 Å². The van der Waals surface area contributed by atoms with E-state index in [0.29, 0.717) is 11.8 Å². The van der Waals surface area contributed by atoms with Crippen molar-refractivity contribution in [3.63, 3.8) is 0 Å². The lowest BCUT2D eigenvalue weighted by atomic mass is 9.95. The third-order valence-corrected chi connectivity index (χ3v) is 4.65. The molecule has 0 spiro atoms. The quantitative estimate of drug-likeness (QED) is 0.940. The molecule has 4 nitrogen and oxygen atoms in total. The fourth-order valence-electron chi connectivity index (χ4n) is 2.47. The van der Waals surface area contributed by atoms with Gasteiger partial charge in [0.2, 0.25) is 0 Å². The van der Waals surface area contributed by atoms with Crippen molar-refractivity contribution in [1.29, 1.82) is 0 Å². The molecule has 0 saturated heterocycles. The van der Waals surface area contributed by atoms with Gasteiger partial charge in [-0.15, -0.1) is 0 Å². The maximum atomic E-state index is 5.87. The molecule has 0 radical (unpaired) electrons. The van der Waals surface area contributed by atoms with Gasteiger partial charge in [0.25, 0.3) is 5.22 Å². The van der Waals surface area contributed by atoms with Gasteiger partial charge in [-0.1, -0.05) is 6.07 Å². The van der Waals surface area contributed by atoms with Crippen LogP contribution in [0.2, 0.25) is 0 Å². The van der Waals surface area contributed by atoms with E-state index in [2.05, 4.69) is 11.1 Å². The third kappa shape index (κ3) is 2.60. The highest BCUT2D eigenvalue weighted by Gasteiger charge is 2.17. The van der Waals surface area contributed by atoms with Gasteiger partial charge in [0.05, 0.1) is 5.69 Å². The SMILES string of the molecule is Cc1nc(Sc2nc3c(cc2CN)CCCC3)oc1C. The number of rotatable bonds is 3. The first-order chi connectivity index (χ1) is 9.67. The highest BCUT2D eigenvalue weighted by atomic mass is 32.2. The van der Waals surface area contributed by atoms with Crippen LogP contribution >= 0.6 is 11.8 Å². The van der Waals surface area contributed by atoms with Crippen molar-refractivity contribution in [3.05, 3.63) is 34.3 Å². The van der Waals surface area contributed by atoms with Gasteiger partial charge < -0.3 is 10.2 Å². The van der Waals surface area contributed by atoms with Crippen molar-refractivity contribution in [2.75, 3.05) is 0 Å². The molecular weight excluding hydrogens is 270 g/mol. The van der Waals surface area contributed by atoms with E-state index in [-0.39, 0.29) is 0 Å². The van der Waals surface area contributed by atoms with Gasteiger partial charge in [0, 0.05) is 12.2 Å². The average molecular weight is 289 g/mol. The molecule has 0 fully saturated rings. The zero-order valence-corrected chi connectivity index (χ0v) is 12.7. The molecule has 2 N–H and O–H groups in total. The third-order valence-electron chi connectivity index (χ3n) is 3.75. The Morgan fingerprint density at radius 2 is 2.05 bits per heavy atom. The summed E-state index contributed by atoms with van der Waals surface area (Å²) in [4.78, 5) is 9.21. The number of hydrogen-bond donors (Lipinski definition) is 1. The smallest absolute Gasteiger partial charge is 0.262 e. The fraction of sp³-hybridized carbons (Fsp3) is 0.467. The van der Waals surface area contributed by atoms with Crippen molar-refractivity contribution in [2.45, 2.75) is 56.3 Å². The lowest BCUT2D eigenvalue weighted by molar-refractivity contribution is 0.430. The second kappa shape index (κ2) is 5.58. The van der Waals surface area contributed by atoms with E-state index in [9.17, 15) is 0 Å². The number of fused-ring (bicyclic) bond motifs is 1. The number of oxazole rings is 1. The van der Waals surface area contributed by atoms with E-state index in [1.54, 1.807) is 0 Å². The first-order valence-electron chi connectivity index (χ1n) is 7.01. The summed E-state index contributed by atoms with van der Waals surface area (Å²) in [6.07, 6.45) is 4.67. The Morgan fingerprint density at radius 3 is 2.75 bits per heavy atom. The van der Waals surface area contributed by atoms with Crippen LogP contribution in [-0.2, 0) is 19.4 Å². The lowest BCUT2D eigenvalue weighted by Crippen LogP contribution is -2.10. The van der Waals surface area contributed by atoms with Gasteiger partial charge in [-0.3, -0.25) is 0 Å². The second-order valence-electron chi connectivity index (χ2n) is 5.19. The van der Waals surface area contributed by atoms with E-state index in [4.69, 9.17) is 15.1 Å². The molecule has 3 rings (SSSR count). The molecule has 1 aliphatic carbocycles. The van der Waals surface area contributed by atoms with Crippen LogP contribution < -0.4 is 5.73 Å². The van der Waals surface area contributed by atoms with E-state index < -0.39 is 0 Å². The topological polar surface area (TPSA) is 64.9 Å². The largest absolute Gasteiger partial charge is 0.436 e. The summed E-state index contributed by atoms with van der Waals surface area (Å²) in [5, 5.41) is 1.59. The molecule has 0 bridgehead atoms. The molecule has 0 saturated carbocycles. The lowest BCUT2D eigenvalue weighted by Gasteiger charge is -2.17. The van der Waals surface area contributed by atoms with Gasteiger partial charge >= 0.3 is 0 Å². The highest BCUT2D eigenvalue weighted by Crippen LogP contribution is 2.32. The molecule has 0 atom stereocenters. The molecular formula is C15H19N3OS. The summed E-state index contributed by atoms with van der Waals surface area (Å²) in [7, 11) is 0. The van der Waals surface area contributed by atoms with Crippen LogP contribution in [0.1, 0.15) is 41.1 Å². The van der Waals surface area contributed by atoms with Crippen molar-refractivity contribution in [2.24, 2.45) is 5.73 Å². The number of nitrogens with zero attached hydrogens (tertiary/aromatic N) is 2. The Kier molecular flexibility index (Phi) is 3.81. The summed E-state index contributed by atoms with van der Waals surface area (Å²) >= 11 is 1.48. The normalized spacial score (nSPS) is 14.3. The minimum absolute atomic E-state index is 0.501. The zero-order valence-electron chi connectivity index (χ0n) is 11.9. The number of aryl methyl sites for hydroxylation is 4. The summed E-state index contributed by atoms with van der Waals surface area (Å²) < 4.78 is 5.63. The Bertz CT molecular complexity index is 617. The zero-order chi connectivity index (χ0) is 14.1. The molecule has 0 unspecified atom stereocenters. The molecule has 0 aromatic carbocycles. The van der Waals surface area contributed by atoms with Crippen LogP contribution in [0, 0.1) is 13.8 Å². The van der Waals surface area contributed by atoms with Crippen LogP contribution in [0.4, 0.5) is 0 Å². The first-order valence-corrected chi connectivity index (χ1v) is 7.82. The number of hydrogen-bond acceptors (Lipinski definition) is 5. The molecule has 106 valence electrons. The Balaban J connectivity index is 1.95. The molecule has 2 aromatic rings. The standard InChI is InChI=1S/C15H19N3OS/c1-9-10(2)19-15(17-9)20-14-12(8-16)7-11-5-3-4-6-13(11)18-14/h7H,3-6,8,16H2,1-2H3. The molecule has 2 heterocycles. The predicted octanol–water partition coefficient (Wildman–Crippen LogP) is 3.18. The minimum atomic E-state index is 0.501. The first kappa shape index (κ1) is 13.6. The molecule has 1 aliphatic rings. The molecule has 2 aromatic heterocycles. The van der Waals surface area contributed by atoms with Crippen molar-refractivity contribution in [1.82, 2.24) is 9.97 Å². The number of pyridine rings is 1. The van der Waals surface area contributed by atoms with Crippen LogP contribution in [-0.4, -0.2) is 9.97 Å². The Morgan fingerprint density at radius 1 is 1.25 bits per heavy atom. The van der Waals surface area contributed by atoms with Crippen LogP contribution in [0.25, 0.3) is 0 Å². The maximum absolute atomic E-state index is 5.87. The molecule has 0 amide bonds. The van der Waals surface area contributed by atoms with Crippen LogP contribution in [0.3, 0.4) is 0 Å². The van der Waals surface area contributed by atoms with Crippen LogP contribution in [0.15, 0.2) is 20.7 Å². The monoisotopic (exact) mass is 289 g/mol. The summed E-state index contributed by atoms with van der Waals surface area (Å²) in [5.41, 5.74) is 10.5. The Labute approximate surface area is 123 Å². The predicted molar refractivity (Wildman–Crippen MR) is 78.9 cm³/mol. The molecule has 0 aliphatic heterocycles. The van der Waals surface area contributed by atoms with Gasteiger partial charge in [-0.25, -0.2) is 9.97 Å². The molecule has 5 heteroatoms. The Hall–Kier alpha value is -1.33. The van der Waals surface area contributed by atoms with Gasteiger partial charge in [-0.05, 0) is 62.4 Å². The average Bonchev–Trinajstić information content (AvgIpc) is 2.76. The summed E-state index contributed by atoms with van der Waals surface area (Å²) in [6, 6.07) is 2.21. The van der Waals surface area contributed by atoms with Gasteiger partial charge in [0.15, 0.2) is 0 Å². The van der Waals surface area contributed by atoms with Crippen molar-refractivity contribution < 1.29 is 4.42 Å². The van der Waals surface area contributed by atoms with Crippen molar-refractivity contribution >= 4 is 11.8 Å². The second-order valence-corrected chi connectivity index (χ2v) is 6.13.